The van der Waals surface area contributed by atoms with E-state index in [1.54, 1.807) is 23.9 Å². The van der Waals surface area contributed by atoms with E-state index < -0.39 is 0 Å². The number of halogens is 1. The van der Waals surface area contributed by atoms with Gasteiger partial charge in [0.25, 0.3) is 0 Å². The lowest BCUT2D eigenvalue weighted by Gasteiger charge is -2.11. The third-order valence-corrected chi connectivity index (χ3v) is 3.68. The van der Waals surface area contributed by atoms with Crippen molar-refractivity contribution in [2.75, 3.05) is 0 Å². The third-order valence-electron chi connectivity index (χ3n) is 2.56. The maximum atomic E-state index is 12.9. The lowest BCUT2D eigenvalue weighted by Crippen LogP contribution is -2.18. The second-order valence-electron chi connectivity index (χ2n) is 4.35. The number of rotatable bonds is 4. The van der Waals surface area contributed by atoms with E-state index in [1.807, 2.05) is 19.1 Å². The lowest BCUT2D eigenvalue weighted by molar-refractivity contribution is 0.626. The third kappa shape index (κ3) is 3.59. The summed E-state index contributed by atoms with van der Waals surface area (Å²) in [4.78, 5) is 2.22. The molecule has 0 heterocycles. The van der Waals surface area contributed by atoms with Crippen molar-refractivity contribution in [3.05, 3.63) is 59.9 Å². The average molecular weight is 261 g/mol. The Hall–Kier alpha value is -1.32. The van der Waals surface area contributed by atoms with E-state index in [0.29, 0.717) is 0 Å². The standard InChI is InChI=1S/C15H16FNS/c1-11(17)10-12-4-2-3-5-15(12)18-14-8-6-13(16)7-9-14/h2-9,11H,10,17H2,1H3. The quantitative estimate of drug-likeness (QED) is 0.904. The summed E-state index contributed by atoms with van der Waals surface area (Å²) in [6.07, 6.45) is 0.852. The predicted octanol–water partition coefficient (Wildman–Crippen LogP) is 3.87. The fraction of sp³-hybridized carbons (Fsp3) is 0.200. The number of hydrogen-bond donors (Lipinski definition) is 1. The van der Waals surface area contributed by atoms with Gasteiger partial charge < -0.3 is 5.73 Å². The number of hydrogen-bond acceptors (Lipinski definition) is 2. The molecule has 1 unspecified atom stereocenters. The predicted molar refractivity (Wildman–Crippen MR) is 74.3 cm³/mol. The lowest BCUT2D eigenvalue weighted by atomic mass is 10.1. The van der Waals surface area contributed by atoms with Gasteiger partial charge in [0.05, 0.1) is 0 Å². The number of benzene rings is 2. The molecule has 2 rings (SSSR count). The Labute approximate surface area is 111 Å². The minimum atomic E-state index is -0.205. The summed E-state index contributed by atoms with van der Waals surface area (Å²) in [7, 11) is 0. The first-order valence-corrected chi connectivity index (χ1v) is 6.73. The van der Waals surface area contributed by atoms with E-state index in [1.165, 1.54) is 22.6 Å². The molecule has 0 aliphatic rings. The van der Waals surface area contributed by atoms with E-state index in [4.69, 9.17) is 5.73 Å². The molecular weight excluding hydrogens is 245 g/mol. The highest BCUT2D eigenvalue weighted by atomic mass is 32.2. The molecule has 0 saturated heterocycles. The fourth-order valence-corrected chi connectivity index (χ4v) is 2.70. The maximum Gasteiger partial charge on any atom is 0.123 e. The second kappa shape index (κ2) is 6.03. The van der Waals surface area contributed by atoms with Gasteiger partial charge in [-0.25, -0.2) is 4.39 Å². The van der Waals surface area contributed by atoms with E-state index in [9.17, 15) is 4.39 Å². The molecule has 1 atom stereocenters. The van der Waals surface area contributed by atoms with Crippen molar-refractivity contribution in [3.63, 3.8) is 0 Å². The summed E-state index contributed by atoms with van der Waals surface area (Å²) in [6, 6.07) is 14.9. The second-order valence-corrected chi connectivity index (χ2v) is 5.46. The molecule has 0 saturated carbocycles. The van der Waals surface area contributed by atoms with Crippen molar-refractivity contribution in [2.45, 2.75) is 29.2 Å². The summed E-state index contributed by atoms with van der Waals surface area (Å²) in [5.41, 5.74) is 7.09. The Morgan fingerprint density at radius 3 is 2.44 bits per heavy atom. The molecule has 0 aliphatic carbocycles. The Bertz CT molecular complexity index is 508. The first-order chi connectivity index (χ1) is 8.65. The van der Waals surface area contributed by atoms with Crippen molar-refractivity contribution >= 4 is 11.8 Å². The Balaban J connectivity index is 2.20. The minimum Gasteiger partial charge on any atom is -0.328 e. The van der Waals surface area contributed by atoms with Gasteiger partial charge in [-0.15, -0.1) is 0 Å². The van der Waals surface area contributed by atoms with E-state index >= 15 is 0 Å². The van der Waals surface area contributed by atoms with Crippen molar-refractivity contribution in [3.8, 4) is 0 Å². The van der Waals surface area contributed by atoms with Crippen LogP contribution in [0, 0.1) is 5.82 Å². The molecule has 0 fully saturated rings. The maximum absolute atomic E-state index is 12.9. The molecule has 2 N–H and O–H groups in total. The van der Waals surface area contributed by atoms with Gasteiger partial charge in [-0.05, 0) is 49.2 Å². The Kier molecular flexibility index (Phi) is 4.39. The average Bonchev–Trinajstić information content (AvgIpc) is 2.34. The molecule has 18 heavy (non-hydrogen) atoms. The SMILES string of the molecule is CC(N)Cc1ccccc1Sc1ccc(F)cc1. The summed E-state index contributed by atoms with van der Waals surface area (Å²) in [5.74, 6) is -0.205. The Morgan fingerprint density at radius 2 is 1.78 bits per heavy atom. The van der Waals surface area contributed by atoms with Gasteiger partial charge in [-0.1, -0.05) is 30.0 Å². The van der Waals surface area contributed by atoms with Crippen molar-refractivity contribution in [1.82, 2.24) is 0 Å². The van der Waals surface area contributed by atoms with Gasteiger partial charge in [0.1, 0.15) is 5.82 Å². The van der Waals surface area contributed by atoms with Crippen LogP contribution >= 0.6 is 11.8 Å². The van der Waals surface area contributed by atoms with Crippen LogP contribution in [0.5, 0.6) is 0 Å². The van der Waals surface area contributed by atoms with Crippen molar-refractivity contribution in [2.24, 2.45) is 5.73 Å². The minimum absolute atomic E-state index is 0.139. The summed E-state index contributed by atoms with van der Waals surface area (Å²) >= 11 is 1.64. The topological polar surface area (TPSA) is 26.0 Å². The summed E-state index contributed by atoms with van der Waals surface area (Å²) in [6.45, 7) is 2.00. The Morgan fingerprint density at radius 1 is 1.11 bits per heavy atom. The highest BCUT2D eigenvalue weighted by Gasteiger charge is 2.06. The molecule has 2 aromatic carbocycles. The van der Waals surface area contributed by atoms with Crippen LogP contribution in [0.1, 0.15) is 12.5 Å². The molecule has 3 heteroatoms. The monoisotopic (exact) mass is 261 g/mol. The fourth-order valence-electron chi connectivity index (χ4n) is 1.75. The van der Waals surface area contributed by atoms with Crippen molar-refractivity contribution < 1.29 is 4.39 Å². The van der Waals surface area contributed by atoms with Gasteiger partial charge in [-0.3, -0.25) is 0 Å². The highest BCUT2D eigenvalue weighted by molar-refractivity contribution is 7.99. The van der Waals surface area contributed by atoms with Crippen LogP contribution in [0.3, 0.4) is 0 Å². The van der Waals surface area contributed by atoms with Gasteiger partial charge in [0.15, 0.2) is 0 Å². The molecule has 0 aromatic heterocycles. The molecule has 0 aliphatic heterocycles. The summed E-state index contributed by atoms with van der Waals surface area (Å²) < 4.78 is 12.9. The van der Waals surface area contributed by atoms with Crippen LogP contribution in [0.4, 0.5) is 4.39 Å². The first-order valence-electron chi connectivity index (χ1n) is 5.92. The van der Waals surface area contributed by atoms with Crippen LogP contribution < -0.4 is 5.73 Å². The summed E-state index contributed by atoms with van der Waals surface area (Å²) in [5, 5.41) is 0. The van der Waals surface area contributed by atoms with Crippen LogP contribution in [-0.4, -0.2) is 6.04 Å². The first kappa shape index (κ1) is 13.1. The van der Waals surface area contributed by atoms with Crippen LogP contribution in [0.25, 0.3) is 0 Å². The molecule has 2 aromatic rings. The molecule has 1 nitrogen and oxygen atoms in total. The van der Waals surface area contributed by atoms with Crippen molar-refractivity contribution in [1.29, 1.82) is 0 Å². The largest absolute Gasteiger partial charge is 0.328 e. The molecule has 0 amide bonds. The zero-order chi connectivity index (χ0) is 13.0. The van der Waals surface area contributed by atoms with E-state index in [0.717, 1.165) is 11.3 Å². The van der Waals surface area contributed by atoms with Gasteiger partial charge in [0, 0.05) is 15.8 Å². The molecular formula is C15H16FNS. The van der Waals surface area contributed by atoms with Crippen LogP contribution in [0.15, 0.2) is 58.3 Å². The zero-order valence-electron chi connectivity index (χ0n) is 10.3. The van der Waals surface area contributed by atoms with Gasteiger partial charge in [0.2, 0.25) is 0 Å². The van der Waals surface area contributed by atoms with Crippen LogP contribution in [-0.2, 0) is 6.42 Å². The van der Waals surface area contributed by atoms with Crippen LogP contribution in [0.2, 0.25) is 0 Å². The normalized spacial score (nSPS) is 12.4. The molecule has 0 radical (unpaired) electrons. The zero-order valence-corrected chi connectivity index (χ0v) is 11.1. The smallest absolute Gasteiger partial charge is 0.123 e. The highest BCUT2D eigenvalue weighted by Crippen LogP contribution is 2.30. The van der Waals surface area contributed by atoms with Gasteiger partial charge >= 0.3 is 0 Å². The molecule has 0 spiro atoms. The van der Waals surface area contributed by atoms with E-state index in [2.05, 4.69) is 12.1 Å². The van der Waals surface area contributed by atoms with E-state index in [-0.39, 0.29) is 11.9 Å². The van der Waals surface area contributed by atoms with Gasteiger partial charge in [-0.2, -0.15) is 0 Å². The number of nitrogens with two attached hydrogens (primary N) is 1. The molecule has 0 bridgehead atoms. The molecule has 94 valence electrons.